The predicted molar refractivity (Wildman–Crippen MR) is 84.0 cm³/mol. The number of fused-ring (bicyclic) bond motifs is 1. The minimum atomic E-state index is -0.530. The number of primary amides is 1. The Morgan fingerprint density at radius 2 is 2.19 bits per heavy atom. The lowest BCUT2D eigenvalue weighted by molar-refractivity contribution is -0.118. The molecule has 0 aliphatic rings. The number of hydrogen-bond acceptors (Lipinski definition) is 5. The van der Waals surface area contributed by atoms with Gasteiger partial charge in [-0.05, 0) is 18.6 Å². The highest BCUT2D eigenvalue weighted by Gasteiger charge is 2.23. The van der Waals surface area contributed by atoms with Crippen molar-refractivity contribution in [1.29, 1.82) is 0 Å². The third-order valence-electron chi connectivity index (χ3n) is 3.09. The normalized spacial score (nSPS) is 10.7. The SMILES string of the molecule is CCCCN(CC(N)=O)C(=O)c1sc2cccnc2c1N. The van der Waals surface area contributed by atoms with Gasteiger partial charge in [-0.3, -0.25) is 14.6 Å². The maximum absolute atomic E-state index is 12.6. The topological polar surface area (TPSA) is 102 Å². The Kier molecular flexibility index (Phi) is 4.74. The van der Waals surface area contributed by atoms with E-state index in [2.05, 4.69) is 4.98 Å². The van der Waals surface area contributed by atoms with Crippen molar-refractivity contribution in [3.63, 3.8) is 0 Å². The van der Waals surface area contributed by atoms with Crippen LogP contribution in [-0.2, 0) is 4.79 Å². The van der Waals surface area contributed by atoms with Gasteiger partial charge in [-0.25, -0.2) is 0 Å². The van der Waals surface area contributed by atoms with Crippen LogP contribution in [0.5, 0.6) is 0 Å². The van der Waals surface area contributed by atoms with Gasteiger partial charge in [-0.2, -0.15) is 0 Å². The van der Waals surface area contributed by atoms with Crippen LogP contribution in [0.2, 0.25) is 0 Å². The van der Waals surface area contributed by atoms with Crippen LogP contribution in [-0.4, -0.2) is 34.8 Å². The van der Waals surface area contributed by atoms with E-state index in [-0.39, 0.29) is 12.5 Å². The fourth-order valence-corrected chi connectivity index (χ4v) is 3.09. The Bertz CT molecular complexity index is 668. The zero-order chi connectivity index (χ0) is 15.4. The number of anilines is 1. The number of aromatic nitrogens is 1. The van der Waals surface area contributed by atoms with Crippen LogP contribution in [0.4, 0.5) is 5.69 Å². The summed E-state index contributed by atoms with van der Waals surface area (Å²) in [6.07, 6.45) is 3.37. The van der Waals surface area contributed by atoms with Gasteiger partial charge in [0, 0.05) is 12.7 Å². The summed E-state index contributed by atoms with van der Waals surface area (Å²) in [5.41, 5.74) is 12.2. The van der Waals surface area contributed by atoms with Crippen LogP contribution in [0.25, 0.3) is 10.2 Å². The molecule has 2 aromatic heterocycles. The second kappa shape index (κ2) is 6.53. The van der Waals surface area contributed by atoms with Gasteiger partial charge in [0.1, 0.15) is 10.4 Å². The van der Waals surface area contributed by atoms with Crippen LogP contribution >= 0.6 is 11.3 Å². The number of rotatable bonds is 6. The van der Waals surface area contributed by atoms with Crippen LogP contribution in [0.1, 0.15) is 29.4 Å². The third kappa shape index (κ3) is 3.30. The summed E-state index contributed by atoms with van der Waals surface area (Å²) in [5.74, 6) is -0.792. The molecule has 2 heterocycles. The lowest BCUT2D eigenvalue weighted by atomic mass is 10.2. The molecule has 0 aromatic carbocycles. The van der Waals surface area contributed by atoms with E-state index in [0.717, 1.165) is 17.5 Å². The van der Waals surface area contributed by atoms with Crippen molar-refractivity contribution in [3.8, 4) is 0 Å². The molecule has 0 saturated carbocycles. The molecule has 0 aliphatic carbocycles. The second-order valence-electron chi connectivity index (χ2n) is 4.74. The molecule has 0 fully saturated rings. The molecule has 0 atom stereocenters. The summed E-state index contributed by atoms with van der Waals surface area (Å²) in [6, 6.07) is 3.66. The quantitative estimate of drug-likeness (QED) is 0.846. The smallest absolute Gasteiger partial charge is 0.266 e. The van der Waals surface area contributed by atoms with E-state index in [9.17, 15) is 9.59 Å². The summed E-state index contributed by atoms with van der Waals surface area (Å²) in [4.78, 5) is 29.8. The molecule has 7 heteroatoms. The maximum atomic E-state index is 12.6. The van der Waals surface area contributed by atoms with Crippen molar-refractivity contribution in [2.45, 2.75) is 19.8 Å². The molecule has 0 aliphatic heterocycles. The number of nitrogen functional groups attached to an aromatic ring is 1. The van der Waals surface area contributed by atoms with Crippen molar-refractivity contribution >= 4 is 39.1 Å². The zero-order valence-electron chi connectivity index (χ0n) is 11.8. The first-order valence-electron chi connectivity index (χ1n) is 6.75. The molecular weight excluding hydrogens is 288 g/mol. The molecule has 6 nitrogen and oxygen atoms in total. The molecule has 0 radical (unpaired) electrons. The summed E-state index contributed by atoms with van der Waals surface area (Å²) in [6.45, 7) is 2.41. The van der Waals surface area contributed by atoms with Crippen molar-refractivity contribution in [2.24, 2.45) is 5.73 Å². The molecule has 112 valence electrons. The largest absolute Gasteiger partial charge is 0.396 e. The van der Waals surface area contributed by atoms with Crippen molar-refractivity contribution < 1.29 is 9.59 Å². The van der Waals surface area contributed by atoms with Gasteiger partial charge >= 0.3 is 0 Å². The van der Waals surface area contributed by atoms with E-state index < -0.39 is 5.91 Å². The lowest BCUT2D eigenvalue weighted by Gasteiger charge is -2.20. The van der Waals surface area contributed by atoms with Crippen molar-refractivity contribution in [3.05, 3.63) is 23.2 Å². The average Bonchev–Trinajstić information content (AvgIpc) is 2.80. The molecule has 4 N–H and O–H groups in total. The van der Waals surface area contributed by atoms with Crippen molar-refractivity contribution in [2.75, 3.05) is 18.8 Å². The highest BCUT2D eigenvalue weighted by Crippen LogP contribution is 2.32. The Morgan fingerprint density at radius 3 is 2.81 bits per heavy atom. The van der Waals surface area contributed by atoms with E-state index in [0.29, 0.717) is 22.6 Å². The molecule has 21 heavy (non-hydrogen) atoms. The monoisotopic (exact) mass is 306 g/mol. The highest BCUT2D eigenvalue weighted by molar-refractivity contribution is 7.21. The summed E-state index contributed by atoms with van der Waals surface area (Å²) in [5, 5.41) is 0. The summed E-state index contributed by atoms with van der Waals surface area (Å²) >= 11 is 1.29. The van der Waals surface area contributed by atoms with E-state index in [1.165, 1.54) is 16.2 Å². The van der Waals surface area contributed by atoms with Gasteiger partial charge in [0.15, 0.2) is 0 Å². The molecule has 0 spiro atoms. The number of nitrogens with two attached hydrogens (primary N) is 2. The van der Waals surface area contributed by atoms with Gasteiger partial charge < -0.3 is 16.4 Å². The van der Waals surface area contributed by atoms with Crippen LogP contribution in [0.3, 0.4) is 0 Å². The standard InChI is InChI=1S/C14H18N4O2S/c1-2-3-7-18(8-10(15)19)14(20)13-11(16)12-9(21-13)5-4-6-17-12/h4-6H,2-3,7-8,16H2,1H3,(H2,15,19). The number of carbonyl (C=O) groups excluding carboxylic acids is 2. The number of pyridine rings is 1. The Balaban J connectivity index is 2.33. The molecule has 0 bridgehead atoms. The van der Waals surface area contributed by atoms with Gasteiger partial charge in [0.25, 0.3) is 5.91 Å². The van der Waals surface area contributed by atoms with E-state index in [4.69, 9.17) is 11.5 Å². The first kappa shape index (κ1) is 15.2. The average molecular weight is 306 g/mol. The lowest BCUT2D eigenvalue weighted by Crippen LogP contribution is -2.39. The van der Waals surface area contributed by atoms with Crippen LogP contribution in [0.15, 0.2) is 18.3 Å². The Hall–Kier alpha value is -2.15. The molecule has 0 unspecified atom stereocenters. The van der Waals surface area contributed by atoms with Crippen molar-refractivity contribution in [1.82, 2.24) is 9.88 Å². The number of unbranched alkanes of at least 4 members (excludes halogenated alkanes) is 1. The number of nitrogens with zero attached hydrogens (tertiary/aromatic N) is 2. The number of amides is 2. The van der Waals surface area contributed by atoms with Gasteiger partial charge in [-0.1, -0.05) is 13.3 Å². The molecule has 2 aromatic rings. The number of hydrogen-bond donors (Lipinski definition) is 2. The molecule has 2 rings (SSSR count). The molecular formula is C14H18N4O2S. The van der Waals surface area contributed by atoms with E-state index in [1.54, 1.807) is 12.3 Å². The first-order valence-corrected chi connectivity index (χ1v) is 7.56. The number of thiophene rings is 1. The zero-order valence-corrected chi connectivity index (χ0v) is 12.7. The number of carbonyl (C=O) groups is 2. The highest BCUT2D eigenvalue weighted by atomic mass is 32.1. The van der Waals surface area contributed by atoms with Gasteiger partial charge in [-0.15, -0.1) is 11.3 Å². The van der Waals surface area contributed by atoms with Gasteiger partial charge in [0.05, 0.1) is 16.9 Å². The summed E-state index contributed by atoms with van der Waals surface area (Å²) in [7, 11) is 0. The van der Waals surface area contributed by atoms with Crippen LogP contribution in [0, 0.1) is 0 Å². The summed E-state index contributed by atoms with van der Waals surface area (Å²) < 4.78 is 0.855. The minimum absolute atomic E-state index is 0.0973. The molecule has 2 amide bonds. The van der Waals surface area contributed by atoms with Gasteiger partial charge in [0.2, 0.25) is 5.91 Å². The van der Waals surface area contributed by atoms with E-state index in [1.807, 2.05) is 13.0 Å². The third-order valence-corrected chi connectivity index (χ3v) is 4.24. The first-order chi connectivity index (χ1) is 10.0. The fraction of sp³-hybridized carbons (Fsp3) is 0.357. The fourth-order valence-electron chi connectivity index (χ4n) is 2.04. The van der Waals surface area contributed by atoms with E-state index >= 15 is 0 Å². The maximum Gasteiger partial charge on any atom is 0.266 e. The predicted octanol–water partition coefficient (Wildman–Crippen LogP) is 1.61. The Morgan fingerprint density at radius 1 is 1.43 bits per heavy atom. The van der Waals surface area contributed by atoms with Crippen LogP contribution < -0.4 is 11.5 Å². The minimum Gasteiger partial charge on any atom is -0.396 e. The Labute approximate surface area is 126 Å². The molecule has 0 saturated heterocycles. The second-order valence-corrected chi connectivity index (χ2v) is 5.79.